The molecule has 1 heterocycles. The van der Waals surface area contributed by atoms with E-state index < -0.39 is 5.91 Å². The zero-order valence-electron chi connectivity index (χ0n) is 13.7. The first kappa shape index (κ1) is 17.5. The molecule has 8 nitrogen and oxygen atoms in total. The average molecular weight is 333 g/mol. The monoisotopic (exact) mass is 333 g/mol. The predicted octanol–water partition coefficient (Wildman–Crippen LogP) is 1.16. The molecule has 2 rings (SSSR count). The number of carbonyl (C=O) groups excluding carboxylic acids is 1. The zero-order valence-corrected chi connectivity index (χ0v) is 13.7. The van der Waals surface area contributed by atoms with E-state index >= 15 is 0 Å². The predicted molar refractivity (Wildman–Crippen MR) is 87.9 cm³/mol. The van der Waals surface area contributed by atoms with Gasteiger partial charge in [-0.3, -0.25) is 9.59 Å². The summed E-state index contributed by atoms with van der Waals surface area (Å²) in [6.45, 7) is 0.584. The number of nitrogens with one attached hydrogen (secondary N) is 1. The summed E-state index contributed by atoms with van der Waals surface area (Å²) >= 11 is 0. The molecule has 0 radical (unpaired) electrons. The molecule has 1 N–H and O–H groups in total. The molecule has 0 aliphatic carbocycles. The Labute approximate surface area is 139 Å². The first-order valence-electron chi connectivity index (χ1n) is 7.19. The molecule has 0 spiro atoms. The Bertz CT molecular complexity index is 773. The van der Waals surface area contributed by atoms with Crippen LogP contribution in [0.25, 0.3) is 0 Å². The fourth-order valence-corrected chi connectivity index (χ4v) is 2.01. The Hall–Kier alpha value is -2.87. The Morgan fingerprint density at radius 2 is 1.96 bits per heavy atom. The normalized spacial score (nSPS) is 10.3. The molecule has 0 aliphatic heterocycles. The third-order valence-corrected chi connectivity index (χ3v) is 3.26. The Morgan fingerprint density at radius 1 is 1.17 bits per heavy atom. The highest BCUT2D eigenvalue weighted by atomic mass is 16.5. The van der Waals surface area contributed by atoms with E-state index in [4.69, 9.17) is 14.2 Å². The van der Waals surface area contributed by atoms with Gasteiger partial charge in [0.25, 0.3) is 11.5 Å². The molecule has 0 atom stereocenters. The van der Waals surface area contributed by atoms with Gasteiger partial charge in [0.05, 0.1) is 33.1 Å². The van der Waals surface area contributed by atoms with Crippen LogP contribution in [0.5, 0.6) is 11.5 Å². The first-order chi connectivity index (χ1) is 11.6. The molecule has 128 valence electrons. The van der Waals surface area contributed by atoms with Gasteiger partial charge in [-0.15, -0.1) is 0 Å². The van der Waals surface area contributed by atoms with Crippen molar-refractivity contribution >= 4 is 11.6 Å². The van der Waals surface area contributed by atoms with E-state index in [1.54, 1.807) is 18.2 Å². The summed E-state index contributed by atoms with van der Waals surface area (Å²) in [5.74, 6) is 0.591. The van der Waals surface area contributed by atoms with E-state index in [0.29, 0.717) is 23.8 Å². The standard InChI is InChI=1S/C16H19N3O5/c1-22-9-8-19-15(20)7-5-12(18-19)16(21)17-13-10-11(23-2)4-6-14(13)24-3/h4-7,10H,8-9H2,1-3H3,(H,17,21). The van der Waals surface area contributed by atoms with Crippen LogP contribution >= 0.6 is 0 Å². The van der Waals surface area contributed by atoms with Gasteiger partial charge in [0.2, 0.25) is 0 Å². The average Bonchev–Trinajstić information content (AvgIpc) is 2.60. The smallest absolute Gasteiger partial charge is 0.276 e. The Balaban J connectivity index is 2.25. The van der Waals surface area contributed by atoms with E-state index in [1.807, 2.05) is 0 Å². The third kappa shape index (κ3) is 4.11. The van der Waals surface area contributed by atoms with Crippen LogP contribution in [0.4, 0.5) is 5.69 Å². The molecule has 0 saturated carbocycles. The van der Waals surface area contributed by atoms with Crippen molar-refractivity contribution in [3.63, 3.8) is 0 Å². The fourth-order valence-electron chi connectivity index (χ4n) is 2.01. The Kier molecular flexibility index (Phi) is 5.91. The van der Waals surface area contributed by atoms with Crippen molar-refractivity contribution in [1.29, 1.82) is 0 Å². The summed E-state index contributed by atoms with van der Waals surface area (Å²) in [5, 5.41) is 6.75. The summed E-state index contributed by atoms with van der Waals surface area (Å²) in [5.41, 5.74) is 0.247. The van der Waals surface area contributed by atoms with Gasteiger partial charge < -0.3 is 19.5 Å². The number of hydrogen-bond acceptors (Lipinski definition) is 6. The SMILES string of the molecule is COCCn1nc(C(=O)Nc2cc(OC)ccc2OC)ccc1=O. The van der Waals surface area contributed by atoms with Crippen molar-refractivity contribution in [2.45, 2.75) is 6.54 Å². The van der Waals surface area contributed by atoms with Crippen LogP contribution in [0, 0.1) is 0 Å². The molecule has 0 fully saturated rings. The summed E-state index contributed by atoms with van der Waals surface area (Å²) in [6, 6.07) is 7.70. The van der Waals surface area contributed by atoms with Crippen LogP contribution in [-0.4, -0.2) is 43.6 Å². The first-order valence-corrected chi connectivity index (χ1v) is 7.19. The third-order valence-electron chi connectivity index (χ3n) is 3.26. The zero-order chi connectivity index (χ0) is 17.5. The van der Waals surface area contributed by atoms with Crippen LogP contribution in [0.15, 0.2) is 35.1 Å². The summed E-state index contributed by atoms with van der Waals surface area (Å²) in [4.78, 5) is 24.1. The Morgan fingerprint density at radius 3 is 2.62 bits per heavy atom. The van der Waals surface area contributed by atoms with Crippen LogP contribution in [-0.2, 0) is 11.3 Å². The number of rotatable bonds is 7. The van der Waals surface area contributed by atoms with Crippen molar-refractivity contribution in [1.82, 2.24) is 9.78 Å². The highest BCUT2D eigenvalue weighted by Crippen LogP contribution is 2.29. The molecule has 24 heavy (non-hydrogen) atoms. The molecule has 0 saturated heterocycles. The van der Waals surface area contributed by atoms with E-state index in [-0.39, 0.29) is 17.8 Å². The summed E-state index contributed by atoms with van der Waals surface area (Å²) < 4.78 is 16.5. The summed E-state index contributed by atoms with van der Waals surface area (Å²) in [7, 11) is 4.55. The van der Waals surface area contributed by atoms with Crippen molar-refractivity contribution < 1.29 is 19.0 Å². The maximum atomic E-state index is 12.4. The number of nitrogens with zero attached hydrogens (tertiary/aromatic N) is 2. The number of amides is 1. The van der Waals surface area contributed by atoms with Gasteiger partial charge in [-0.05, 0) is 18.2 Å². The quantitative estimate of drug-likeness (QED) is 0.817. The number of ether oxygens (including phenoxy) is 3. The lowest BCUT2D eigenvalue weighted by molar-refractivity contribution is 0.101. The van der Waals surface area contributed by atoms with Crippen molar-refractivity contribution in [2.75, 3.05) is 33.3 Å². The lowest BCUT2D eigenvalue weighted by atomic mass is 10.2. The molecular weight excluding hydrogens is 314 g/mol. The lowest BCUT2D eigenvalue weighted by Crippen LogP contribution is -2.27. The molecule has 0 unspecified atom stereocenters. The maximum absolute atomic E-state index is 12.4. The second kappa shape index (κ2) is 8.11. The van der Waals surface area contributed by atoms with Gasteiger partial charge in [-0.1, -0.05) is 0 Å². The van der Waals surface area contributed by atoms with Crippen LogP contribution < -0.4 is 20.3 Å². The topological polar surface area (TPSA) is 91.7 Å². The number of hydrogen-bond donors (Lipinski definition) is 1. The highest BCUT2D eigenvalue weighted by molar-refractivity contribution is 6.03. The molecule has 1 aromatic heterocycles. The summed E-state index contributed by atoms with van der Waals surface area (Å²) in [6.07, 6.45) is 0. The van der Waals surface area contributed by atoms with E-state index in [2.05, 4.69) is 10.4 Å². The maximum Gasteiger partial charge on any atom is 0.276 e. The number of methoxy groups -OCH3 is 3. The van der Waals surface area contributed by atoms with Gasteiger partial charge in [0, 0.05) is 19.2 Å². The minimum absolute atomic E-state index is 0.107. The number of benzene rings is 1. The lowest BCUT2D eigenvalue weighted by Gasteiger charge is -2.12. The van der Waals surface area contributed by atoms with Crippen molar-refractivity contribution in [3.05, 3.63) is 46.4 Å². The highest BCUT2D eigenvalue weighted by Gasteiger charge is 2.13. The number of anilines is 1. The largest absolute Gasteiger partial charge is 0.497 e. The van der Waals surface area contributed by atoms with Gasteiger partial charge in [-0.25, -0.2) is 4.68 Å². The van der Waals surface area contributed by atoms with E-state index in [9.17, 15) is 9.59 Å². The van der Waals surface area contributed by atoms with E-state index in [1.165, 1.54) is 38.1 Å². The van der Waals surface area contributed by atoms with Gasteiger partial charge in [0.15, 0.2) is 0 Å². The molecule has 0 aliphatic rings. The molecule has 1 amide bonds. The second-order valence-corrected chi connectivity index (χ2v) is 4.79. The molecule has 2 aromatic rings. The molecule has 1 aromatic carbocycles. The molecule has 8 heteroatoms. The minimum atomic E-state index is -0.465. The van der Waals surface area contributed by atoms with Gasteiger partial charge in [0.1, 0.15) is 17.2 Å². The van der Waals surface area contributed by atoms with Gasteiger partial charge in [-0.2, -0.15) is 5.10 Å². The van der Waals surface area contributed by atoms with Crippen molar-refractivity contribution in [3.8, 4) is 11.5 Å². The van der Waals surface area contributed by atoms with Gasteiger partial charge >= 0.3 is 0 Å². The van der Waals surface area contributed by atoms with E-state index in [0.717, 1.165) is 0 Å². The molecule has 0 bridgehead atoms. The van der Waals surface area contributed by atoms with Crippen LogP contribution in [0.3, 0.4) is 0 Å². The number of carbonyl (C=O) groups is 1. The van der Waals surface area contributed by atoms with Crippen LogP contribution in [0.1, 0.15) is 10.5 Å². The second-order valence-electron chi connectivity index (χ2n) is 4.79. The van der Waals surface area contributed by atoms with Crippen molar-refractivity contribution in [2.24, 2.45) is 0 Å². The van der Waals surface area contributed by atoms with Crippen LogP contribution in [0.2, 0.25) is 0 Å². The number of aromatic nitrogens is 2. The molecular formula is C16H19N3O5. The minimum Gasteiger partial charge on any atom is -0.497 e. The fraction of sp³-hybridized carbons (Fsp3) is 0.312.